The van der Waals surface area contributed by atoms with Crippen LogP contribution in [0.25, 0.3) is 11.2 Å². The number of imidazole rings is 1. The summed E-state index contributed by atoms with van der Waals surface area (Å²) < 4.78 is 7.33. The third-order valence-electron chi connectivity index (χ3n) is 2.91. The number of nitrogens with zero attached hydrogens (tertiary/aromatic N) is 3. The Labute approximate surface area is 112 Å². The molecule has 0 saturated carbocycles. The van der Waals surface area contributed by atoms with Gasteiger partial charge in [-0.25, -0.2) is 4.98 Å². The van der Waals surface area contributed by atoms with Gasteiger partial charge in [0.1, 0.15) is 11.3 Å². The van der Waals surface area contributed by atoms with Crippen LogP contribution >= 0.6 is 11.6 Å². The molecule has 2 heterocycles. The third-order valence-corrected chi connectivity index (χ3v) is 3.10. The molecule has 2 aromatic heterocycles. The van der Waals surface area contributed by atoms with Gasteiger partial charge in [-0.2, -0.15) is 4.98 Å². The number of aromatic nitrogens is 3. The van der Waals surface area contributed by atoms with E-state index in [1.807, 2.05) is 12.1 Å². The van der Waals surface area contributed by atoms with Gasteiger partial charge < -0.3 is 9.30 Å². The second-order valence-electron chi connectivity index (χ2n) is 4.17. The molecule has 0 spiro atoms. The monoisotopic (exact) mass is 267 g/mol. The van der Waals surface area contributed by atoms with Gasteiger partial charge >= 0.3 is 0 Å². The number of hydrogen-bond donors (Lipinski definition) is 0. The lowest BCUT2D eigenvalue weighted by atomic mass is 10.3. The number of ether oxygens (including phenoxy) is 1. The fraction of sp³-hybridized carbons (Fsp3) is 0.538. The van der Waals surface area contributed by atoms with E-state index in [0.29, 0.717) is 11.8 Å². The molecule has 4 nitrogen and oxygen atoms in total. The van der Waals surface area contributed by atoms with E-state index >= 15 is 0 Å². The van der Waals surface area contributed by atoms with Crippen molar-refractivity contribution in [1.29, 1.82) is 0 Å². The zero-order chi connectivity index (χ0) is 13.0. The molecule has 2 rings (SSSR count). The van der Waals surface area contributed by atoms with Crippen LogP contribution in [0, 0.1) is 0 Å². The highest BCUT2D eigenvalue weighted by atomic mass is 35.5. The minimum atomic E-state index is 0.576. The molecule has 0 fully saturated rings. The predicted octanol–water partition coefficient (Wildman–Crippen LogP) is 3.02. The van der Waals surface area contributed by atoms with E-state index in [4.69, 9.17) is 16.3 Å². The minimum absolute atomic E-state index is 0.576. The van der Waals surface area contributed by atoms with Crippen LogP contribution in [-0.4, -0.2) is 27.5 Å². The smallest absolute Gasteiger partial charge is 0.215 e. The van der Waals surface area contributed by atoms with Gasteiger partial charge in [-0.1, -0.05) is 13.3 Å². The van der Waals surface area contributed by atoms with Crippen molar-refractivity contribution in [2.75, 3.05) is 13.0 Å². The Bertz CT molecular complexity index is 524. The van der Waals surface area contributed by atoms with E-state index < -0.39 is 0 Å². The first-order chi connectivity index (χ1) is 8.80. The molecule has 0 aromatic carbocycles. The van der Waals surface area contributed by atoms with Crippen molar-refractivity contribution < 1.29 is 4.74 Å². The molecule has 5 heteroatoms. The van der Waals surface area contributed by atoms with E-state index in [0.717, 1.165) is 42.8 Å². The fourth-order valence-electron chi connectivity index (χ4n) is 1.97. The summed E-state index contributed by atoms with van der Waals surface area (Å²) in [7, 11) is 1.63. The summed E-state index contributed by atoms with van der Waals surface area (Å²) in [6.07, 6.45) is 3.02. The number of pyridine rings is 1. The van der Waals surface area contributed by atoms with E-state index in [1.54, 1.807) is 7.11 Å². The quantitative estimate of drug-likeness (QED) is 0.756. The van der Waals surface area contributed by atoms with Crippen molar-refractivity contribution in [1.82, 2.24) is 14.5 Å². The number of fused-ring (bicyclic) bond motifs is 1. The zero-order valence-corrected chi connectivity index (χ0v) is 11.6. The molecule has 0 aliphatic heterocycles. The molecule has 0 N–H and O–H groups in total. The molecule has 0 atom stereocenters. The van der Waals surface area contributed by atoms with E-state index in [1.165, 1.54) is 0 Å². The van der Waals surface area contributed by atoms with Crippen molar-refractivity contribution in [3.8, 4) is 5.88 Å². The lowest BCUT2D eigenvalue weighted by molar-refractivity contribution is 0.399. The van der Waals surface area contributed by atoms with Gasteiger partial charge in [0.2, 0.25) is 5.88 Å². The van der Waals surface area contributed by atoms with E-state index in [9.17, 15) is 0 Å². The number of aryl methyl sites for hydroxylation is 2. The molecule has 18 heavy (non-hydrogen) atoms. The predicted molar refractivity (Wildman–Crippen MR) is 73.4 cm³/mol. The first-order valence-corrected chi connectivity index (χ1v) is 6.79. The van der Waals surface area contributed by atoms with Crippen LogP contribution in [-0.2, 0) is 13.0 Å². The van der Waals surface area contributed by atoms with Crippen molar-refractivity contribution in [3.63, 3.8) is 0 Å². The van der Waals surface area contributed by atoms with Crippen LogP contribution in [0.2, 0.25) is 0 Å². The van der Waals surface area contributed by atoms with E-state index in [-0.39, 0.29) is 0 Å². The van der Waals surface area contributed by atoms with Gasteiger partial charge in [-0.3, -0.25) is 0 Å². The Morgan fingerprint density at radius 2 is 2.17 bits per heavy atom. The van der Waals surface area contributed by atoms with Gasteiger partial charge in [0, 0.05) is 24.9 Å². The van der Waals surface area contributed by atoms with Crippen LogP contribution in [0.15, 0.2) is 12.1 Å². The Balaban J connectivity index is 2.47. The van der Waals surface area contributed by atoms with Gasteiger partial charge in [0.25, 0.3) is 0 Å². The first-order valence-electron chi connectivity index (χ1n) is 6.26. The Morgan fingerprint density at radius 1 is 1.33 bits per heavy atom. The maximum absolute atomic E-state index is 5.83. The lowest BCUT2D eigenvalue weighted by Crippen LogP contribution is -2.05. The number of halogens is 1. The maximum Gasteiger partial charge on any atom is 0.215 e. The number of unbranched alkanes of at least 4 members (excludes halogenated alkanes) is 1. The molecule has 0 unspecified atom stereocenters. The van der Waals surface area contributed by atoms with Gasteiger partial charge in [0.15, 0.2) is 5.65 Å². The lowest BCUT2D eigenvalue weighted by Gasteiger charge is -2.07. The third kappa shape index (κ3) is 2.58. The molecular weight excluding hydrogens is 250 g/mol. The summed E-state index contributed by atoms with van der Waals surface area (Å²) in [6.45, 7) is 3.10. The normalized spacial score (nSPS) is 11.1. The van der Waals surface area contributed by atoms with Crippen LogP contribution in [0.5, 0.6) is 5.88 Å². The summed E-state index contributed by atoms with van der Waals surface area (Å²) in [5.74, 6) is 2.21. The zero-order valence-electron chi connectivity index (χ0n) is 10.8. The van der Waals surface area contributed by atoms with Crippen molar-refractivity contribution >= 4 is 22.8 Å². The highest BCUT2D eigenvalue weighted by Gasteiger charge is 2.12. The van der Waals surface area contributed by atoms with Gasteiger partial charge in [0.05, 0.1) is 7.11 Å². The average Bonchev–Trinajstić information content (AvgIpc) is 2.73. The Morgan fingerprint density at radius 3 is 2.83 bits per heavy atom. The van der Waals surface area contributed by atoms with Crippen LogP contribution in [0.4, 0.5) is 0 Å². The molecule has 0 aliphatic rings. The summed E-state index contributed by atoms with van der Waals surface area (Å²) >= 11 is 5.83. The highest BCUT2D eigenvalue weighted by Crippen LogP contribution is 2.19. The second-order valence-corrected chi connectivity index (χ2v) is 4.55. The number of alkyl halides is 1. The minimum Gasteiger partial charge on any atom is -0.481 e. The molecular formula is C13H18ClN3O. The van der Waals surface area contributed by atoms with Crippen molar-refractivity contribution in [2.45, 2.75) is 32.7 Å². The first kappa shape index (κ1) is 13.1. The molecule has 0 aliphatic carbocycles. The molecule has 0 bridgehead atoms. The maximum atomic E-state index is 5.83. The van der Waals surface area contributed by atoms with Crippen molar-refractivity contribution in [3.05, 3.63) is 18.0 Å². The topological polar surface area (TPSA) is 39.9 Å². The summed E-state index contributed by atoms with van der Waals surface area (Å²) in [4.78, 5) is 9.08. The SMILES string of the molecule is CCCCn1c(CCCl)nc2ccc(OC)nc21. The standard InChI is InChI=1S/C13H18ClN3O/c1-3-4-9-17-11(7-8-14)15-10-5-6-12(18-2)16-13(10)17/h5-6H,3-4,7-9H2,1-2H3. The summed E-state index contributed by atoms with van der Waals surface area (Å²) in [6, 6.07) is 3.78. The van der Waals surface area contributed by atoms with Gasteiger partial charge in [-0.15, -0.1) is 11.6 Å². The second kappa shape index (κ2) is 6.05. The van der Waals surface area contributed by atoms with E-state index in [2.05, 4.69) is 21.5 Å². The van der Waals surface area contributed by atoms with Crippen molar-refractivity contribution in [2.24, 2.45) is 0 Å². The van der Waals surface area contributed by atoms with Gasteiger partial charge in [-0.05, 0) is 12.5 Å². The number of rotatable bonds is 6. The number of methoxy groups -OCH3 is 1. The molecule has 0 saturated heterocycles. The Hall–Kier alpha value is -1.29. The average molecular weight is 268 g/mol. The van der Waals surface area contributed by atoms with Crippen LogP contribution < -0.4 is 4.74 Å². The summed E-state index contributed by atoms with van der Waals surface area (Å²) in [5.41, 5.74) is 1.80. The van der Waals surface area contributed by atoms with Crippen LogP contribution in [0.3, 0.4) is 0 Å². The number of hydrogen-bond acceptors (Lipinski definition) is 3. The largest absolute Gasteiger partial charge is 0.481 e. The van der Waals surface area contributed by atoms with Crippen LogP contribution in [0.1, 0.15) is 25.6 Å². The molecule has 0 amide bonds. The Kier molecular flexibility index (Phi) is 4.42. The molecule has 98 valence electrons. The molecule has 2 aromatic rings. The summed E-state index contributed by atoms with van der Waals surface area (Å²) in [5, 5.41) is 0. The fourth-order valence-corrected chi connectivity index (χ4v) is 2.14. The highest BCUT2D eigenvalue weighted by molar-refractivity contribution is 6.17. The molecule has 0 radical (unpaired) electrons.